The normalized spacial score (nSPS) is 7.95. The van der Waals surface area contributed by atoms with Gasteiger partial charge in [0.1, 0.15) is 0 Å². The zero-order chi connectivity index (χ0) is 18.8. The van der Waals surface area contributed by atoms with Gasteiger partial charge in [0.2, 0.25) is 0 Å². The fourth-order valence-corrected chi connectivity index (χ4v) is 0. The number of aliphatic hydroxyl groups excluding tert-OH is 8. The minimum atomic E-state index is -0.741. The van der Waals surface area contributed by atoms with E-state index < -0.39 is 5.97 Å². The molecule has 0 aromatic carbocycles. The van der Waals surface area contributed by atoms with Crippen molar-refractivity contribution in [2.45, 2.75) is 13.8 Å². The van der Waals surface area contributed by atoms with Crippen molar-refractivity contribution in [3.63, 3.8) is 0 Å². The molecule has 0 aromatic heterocycles. The molecule has 0 aliphatic carbocycles. The molecule has 0 atom stereocenters. The van der Waals surface area contributed by atoms with E-state index in [0.717, 1.165) is 0 Å². The van der Waals surface area contributed by atoms with E-state index in [0.29, 0.717) is 0 Å². The van der Waals surface area contributed by atoms with E-state index in [-0.39, 0.29) is 58.8 Å². The highest BCUT2D eigenvalue weighted by Crippen LogP contribution is 1.87. The van der Waals surface area contributed by atoms with E-state index >= 15 is 0 Å². The van der Waals surface area contributed by atoms with Crippen LogP contribution >= 0.6 is 0 Å². The van der Waals surface area contributed by atoms with Gasteiger partial charge in [-0.2, -0.15) is 0 Å². The van der Waals surface area contributed by atoms with Crippen molar-refractivity contribution in [1.29, 1.82) is 0 Å². The Hall–Kier alpha value is -0.850. The third kappa shape index (κ3) is 123. The monoisotopic (exact) mass is 336 g/mol. The second kappa shape index (κ2) is 42.7. The summed E-state index contributed by atoms with van der Waals surface area (Å²) in [7, 11) is 0. The van der Waals surface area contributed by atoms with Crippen LogP contribution < -0.4 is 0 Å². The first kappa shape index (κ1) is 32.9. The third-order valence-corrected chi connectivity index (χ3v) is 0.894. The zero-order valence-electron chi connectivity index (χ0n) is 13.2. The van der Waals surface area contributed by atoms with Crippen molar-refractivity contribution in [1.82, 2.24) is 0 Å². The molecular formula is C12H32O10. The topological polar surface area (TPSA) is 199 Å². The quantitative estimate of drug-likeness (QED) is 0.244. The van der Waals surface area contributed by atoms with Gasteiger partial charge in [0.25, 0.3) is 0 Å². The molecule has 0 rings (SSSR count). The molecular weight excluding hydrogens is 304 g/mol. The van der Waals surface area contributed by atoms with Crippen LogP contribution in [0, 0.1) is 5.92 Å². The average molecular weight is 336 g/mol. The number of aliphatic hydroxyl groups is 8. The molecule has 0 aliphatic rings. The molecule has 140 valence electrons. The Balaban J connectivity index is -0.0000000555. The van der Waals surface area contributed by atoms with Crippen LogP contribution in [0.2, 0.25) is 0 Å². The summed E-state index contributed by atoms with van der Waals surface area (Å²) >= 11 is 0. The highest BCUT2D eigenvalue weighted by atomic mass is 16.4. The molecule has 0 radical (unpaired) electrons. The summed E-state index contributed by atoms with van der Waals surface area (Å²) in [5.41, 5.74) is 0. The molecule has 0 spiro atoms. The Morgan fingerprint density at radius 1 is 0.591 bits per heavy atom. The maximum absolute atomic E-state index is 9.70. The molecule has 10 heteroatoms. The summed E-state index contributed by atoms with van der Waals surface area (Å²) in [6.45, 7) is 2.28. The Morgan fingerprint density at radius 2 is 0.682 bits per heavy atom. The lowest BCUT2D eigenvalue weighted by molar-refractivity contribution is -0.140. The van der Waals surface area contributed by atoms with Crippen LogP contribution in [0.1, 0.15) is 13.8 Å². The van der Waals surface area contributed by atoms with E-state index in [9.17, 15) is 4.79 Å². The standard InChI is InChI=1S/C4H8O2.4C2H6O2/c1-3(2)4(5)6;4*3-1-2-4/h3H,1-2H3,(H,5,6);4*3-4H,1-2H2. The number of carboxylic acid groups (broad SMARTS) is 1. The van der Waals surface area contributed by atoms with Crippen LogP contribution in [0.4, 0.5) is 0 Å². The lowest BCUT2D eigenvalue weighted by atomic mass is 10.2. The Kier molecular flexibility index (Phi) is 64.0. The number of carboxylic acids is 1. The fraction of sp³-hybridized carbons (Fsp3) is 0.917. The van der Waals surface area contributed by atoms with Gasteiger partial charge < -0.3 is 46.0 Å². The SMILES string of the molecule is CC(C)C(=O)O.OCCO.OCCO.OCCO.OCCO. The summed E-state index contributed by atoms with van der Waals surface area (Å²) in [6, 6.07) is 0. The molecule has 0 unspecified atom stereocenters. The van der Waals surface area contributed by atoms with Crippen molar-refractivity contribution in [2.24, 2.45) is 5.92 Å². The fourth-order valence-electron chi connectivity index (χ4n) is 0. The third-order valence-electron chi connectivity index (χ3n) is 0.894. The molecule has 0 fully saturated rings. The number of hydrogen-bond donors (Lipinski definition) is 9. The lowest BCUT2D eigenvalue weighted by Crippen LogP contribution is -2.03. The lowest BCUT2D eigenvalue weighted by Gasteiger charge is -1.89. The summed E-state index contributed by atoms with van der Waals surface area (Å²) in [4.78, 5) is 9.70. The largest absolute Gasteiger partial charge is 0.481 e. The van der Waals surface area contributed by atoms with Crippen molar-refractivity contribution >= 4 is 5.97 Å². The van der Waals surface area contributed by atoms with Crippen LogP contribution in [0.3, 0.4) is 0 Å². The molecule has 0 aliphatic heterocycles. The molecule has 22 heavy (non-hydrogen) atoms. The van der Waals surface area contributed by atoms with Crippen LogP contribution in [0.15, 0.2) is 0 Å². The van der Waals surface area contributed by atoms with Gasteiger partial charge in [-0.1, -0.05) is 13.8 Å². The van der Waals surface area contributed by atoms with Gasteiger partial charge in [-0.25, -0.2) is 0 Å². The zero-order valence-corrected chi connectivity index (χ0v) is 13.2. The highest BCUT2D eigenvalue weighted by Gasteiger charge is 1.99. The van der Waals surface area contributed by atoms with Crippen molar-refractivity contribution in [3.05, 3.63) is 0 Å². The molecule has 0 saturated heterocycles. The first-order chi connectivity index (χ1) is 10.3. The smallest absolute Gasteiger partial charge is 0.305 e. The van der Waals surface area contributed by atoms with Gasteiger partial charge in [0, 0.05) is 0 Å². The van der Waals surface area contributed by atoms with E-state index in [2.05, 4.69) is 0 Å². The summed E-state index contributed by atoms with van der Waals surface area (Å²) in [5, 5.41) is 69.0. The molecule has 0 aromatic rings. The molecule has 0 amide bonds. The van der Waals surface area contributed by atoms with Crippen LogP contribution in [0.5, 0.6) is 0 Å². The van der Waals surface area contributed by atoms with E-state index in [1.165, 1.54) is 0 Å². The highest BCUT2D eigenvalue weighted by molar-refractivity contribution is 5.68. The van der Waals surface area contributed by atoms with Gasteiger partial charge >= 0.3 is 5.97 Å². The Labute approximate surface area is 130 Å². The van der Waals surface area contributed by atoms with Gasteiger partial charge in [-0.15, -0.1) is 0 Å². The number of aliphatic carboxylic acids is 1. The number of hydrogen-bond acceptors (Lipinski definition) is 9. The van der Waals surface area contributed by atoms with E-state index in [1.54, 1.807) is 13.8 Å². The van der Waals surface area contributed by atoms with Crippen LogP contribution in [0.25, 0.3) is 0 Å². The Bertz CT molecular complexity index is 131. The summed E-state index contributed by atoms with van der Waals surface area (Å²) < 4.78 is 0. The molecule has 10 nitrogen and oxygen atoms in total. The minimum absolute atomic E-state index is 0.125. The van der Waals surface area contributed by atoms with Crippen molar-refractivity contribution in [2.75, 3.05) is 52.9 Å². The van der Waals surface area contributed by atoms with E-state index in [1.807, 2.05) is 0 Å². The summed E-state index contributed by atoms with van der Waals surface area (Å²) in [5.74, 6) is -0.972. The van der Waals surface area contributed by atoms with Gasteiger partial charge in [0.15, 0.2) is 0 Å². The van der Waals surface area contributed by atoms with Gasteiger partial charge in [-0.3, -0.25) is 4.79 Å². The molecule has 0 heterocycles. The number of carbonyl (C=O) groups is 1. The second-order valence-corrected chi connectivity index (χ2v) is 3.28. The minimum Gasteiger partial charge on any atom is -0.481 e. The van der Waals surface area contributed by atoms with Crippen molar-refractivity contribution in [3.8, 4) is 0 Å². The predicted octanol–water partition coefficient (Wildman–Crippen LogP) is -3.39. The number of rotatable bonds is 5. The van der Waals surface area contributed by atoms with Gasteiger partial charge in [-0.05, 0) is 0 Å². The van der Waals surface area contributed by atoms with E-state index in [4.69, 9.17) is 46.0 Å². The molecule has 0 saturated carbocycles. The van der Waals surface area contributed by atoms with Crippen LogP contribution in [-0.4, -0.2) is 105 Å². The van der Waals surface area contributed by atoms with Crippen LogP contribution in [-0.2, 0) is 4.79 Å². The second-order valence-electron chi connectivity index (χ2n) is 3.28. The molecule has 0 bridgehead atoms. The average Bonchev–Trinajstić information content (AvgIpc) is 2.55. The van der Waals surface area contributed by atoms with Crippen molar-refractivity contribution < 1.29 is 50.8 Å². The maximum Gasteiger partial charge on any atom is 0.305 e. The first-order valence-corrected chi connectivity index (χ1v) is 6.40. The first-order valence-electron chi connectivity index (χ1n) is 6.40. The molecule has 9 N–H and O–H groups in total. The predicted molar refractivity (Wildman–Crippen MR) is 79.2 cm³/mol. The maximum atomic E-state index is 9.70. The van der Waals surface area contributed by atoms with Gasteiger partial charge in [0.05, 0.1) is 58.8 Å². The Morgan fingerprint density at radius 3 is 0.682 bits per heavy atom. The summed E-state index contributed by atoms with van der Waals surface area (Å²) in [6.07, 6.45) is 0.